The van der Waals surface area contributed by atoms with Crippen LogP contribution in [0.2, 0.25) is 5.02 Å². The van der Waals surface area contributed by atoms with Gasteiger partial charge in [-0.3, -0.25) is 4.79 Å². The number of carbonyl (C=O) groups is 1. The molecule has 1 amide bonds. The predicted octanol–water partition coefficient (Wildman–Crippen LogP) is 2.35. The Morgan fingerprint density at radius 3 is 2.88 bits per heavy atom. The first kappa shape index (κ1) is 16.5. The summed E-state index contributed by atoms with van der Waals surface area (Å²) < 4.78 is 10.5. The van der Waals surface area contributed by atoms with Crippen molar-refractivity contribution in [1.82, 2.24) is 14.9 Å². The summed E-state index contributed by atoms with van der Waals surface area (Å²) in [5.74, 6) is 0.768. The molecule has 1 saturated heterocycles. The number of nitrogens with zero attached hydrogens (tertiary/aromatic N) is 3. The van der Waals surface area contributed by atoms with E-state index in [2.05, 4.69) is 15.3 Å². The molecule has 1 aromatic carbocycles. The van der Waals surface area contributed by atoms with Gasteiger partial charge in [-0.25, -0.2) is 9.97 Å². The molecule has 1 aromatic heterocycles. The third-order valence-corrected chi connectivity index (χ3v) is 3.82. The Bertz CT molecular complexity index is 735. The monoisotopic (exact) mass is 348 g/mol. The summed E-state index contributed by atoms with van der Waals surface area (Å²) >= 11 is 6.01. The van der Waals surface area contributed by atoms with Crippen molar-refractivity contribution in [3.8, 4) is 5.75 Å². The summed E-state index contributed by atoms with van der Waals surface area (Å²) in [5.41, 5.74) is 0.955. The molecule has 0 bridgehead atoms. The maximum atomic E-state index is 12.5. The predicted molar refractivity (Wildman–Crippen MR) is 90.0 cm³/mol. The fourth-order valence-electron chi connectivity index (χ4n) is 2.36. The van der Waals surface area contributed by atoms with Gasteiger partial charge in [0, 0.05) is 24.3 Å². The highest BCUT2D eigenvalue weighted by molar-refractivity contribution is 6.31. The summed E-state index contributed by atoms with van der Waals surface area (Å²) in [4.78, 5) is 22.7. The van der Waals surface area contributed by atoms with Crippen molar-refractivity contribution in [2.24, 2.45) is 0 Å². The molecule has 126 valence electrons. The second-order valence-electron chi connectivity index (χ2n) is 5.14. The fourth-order valence-corrected chi connectivity index (χ4v) is 2.54. The molecule has 1 N–H and O–H groups in total. The molecule has 3 rings (SSSR count). The van der Waals surface area contributed by atoms with E-state index in [-0.39, 0.29) is 5.91 Å². The van der Waals surface area contributed by atoms with Crippen molar-refractivity contribution >= 4 is 29.1 Å². The summed E-state index contributed by atoms with van der Waals surface area (Å²) in [7, 11) is 1.56. The highest BCUT2D eigenvalue weighted by Crippen LogP contribution is 2.29. The molecule has 2 heterocycles. The Morgan fingerprint density at radius 2 is 2.12 bits per heavy atom. The van der Waals surface area contributed by atoms with Crippen LogP contribution in [-0.2, 0) is 4.74 Å². The van der Waals surface area contributed by atoms with E-state index in [1.165, 1.54) is 0 Å². The molecule has 0 aliphatic carbocycles. The summed E-state index contributed by atoms with van der Waals surface area (Å²) in [6.45, 7) is 2.21. The topological polar surface area (TPSA) is 76.6 Å². The van der Waals surface area contributed by atoms with Gasteiger partial charge in [0.2, 0.25) is 5.95 Å². The minimum atomic E-state index is -0.137. The minimum absolute atomic E-state index is 0.137. The third kappa shape index (κ3) is 3.74. The van der Waals surface area contributed by atoms with Crippen molar-refractivity contribution in [2.75, 3.05) is 38.7 Å². The molecule has 1 aliphatic rings. The molecule has 24 heavy (non-hydrogen) atoms. The van der Waals surface area contributed by atoms with Crippen LogP contribution < -0.4 is 10.1 Å². The Balaban J connectivity index is 1.80. The average molecular weight is 349 g/mol. The van der Waals surface area contributed by atoms with E-state index in [1.807, 2.05) is 0 Å². The zero-order valence-corrected chi connectivity index (χ0v) is 13.9. The number of methoxy groups -OCH3 is 1. The Morgan fingerprint density at radius 1 is 1.33 bits per heavy atom. The second kappa shape index (κ2) is 7.46. The molecule has 1 aliphatic heterocycles. The number of benzene rings is 1. The van der Waals surface area contributed by atoms with Crippen LogP contribution in [0.3, 0.4) is 0 Å². The summed E-state index contributed by atoms with van der Waals surface area (Å²) in [5, 5.41) is 3.59. The third-order valence-electron chi connectivity index (χ3n) is 3.58. The summed E-state index contributed by atoms with van der Waals surface area (Å²) in [6, 6.07) is 6.77. The van der Waals surface area contributed by atoms with Gasteiger partial charge in [-0.05, 0) is 24.3 Å². The van der Waals surface area contributed by atoms with E-state index < -0.39 is 0 Å². The smallest absolute Gasteiger partial charge is 0.272 e. The number of hydrogen-bond acceptors (Lipinski definition) is 6. The molecule has 1 fully saturated rings. The molecule has 0 spiro atoms. The van der Waals surface area contributed by atoms with Crippen LogP contribution in [-0.4, -0.2) is 54.2 Å². The van der Waals surface area contributed by atoms with Gasteiger partial charge in [0.15, 0.2) is 0 Å². The lowest BCUT2D eigenvalue weighted by Gasteiger charge is -2.26. The molecular weight excluding hydrogens is 332 g/mol. The quantitative estimate of drug-likeness (QED) is 0.914. The van der Waals surface area contributed by atoms with Crippen molar-refractivity contribution in [3.63, 3.8) is 0 Å². The first-order valence-corrected chi connectivity index (χ1v) is 7.86. The number of amides is 1. The van der Waals surface area contributed by atoms with Crippen LogP contribution in [0.4, 0.5) is 11.6 Å². The number of hydrogen-bond donors (Lipinski definition) is 1. The van der Waals surface area contributed by atoms with Gasteiger partial charge < -0.3 is 19.7 Å². The second-order valence-corrected chi connectivity index (χ2v) is 5.58. The lowest BCUT2D eigenvalue weighted by atomic mass is 10.3. The number of halogens is 1. The summed E-state index contributed by atoms with van der Waals surface area (Å²) in [6.07, 6.45) is 1.54. The van der Waals surface area contributed by atoms with Gasteiger partial charge in [-0.2, -0.15) is 0 Å². The van der Waals surface area contributed by atoms with Crippen molar-refractivity contribution < 1.29 is 14.3 Å². The molecule has 0 saturated carbocycles. The number of carbonyl (C=O) groups excluding carboxylic acids is 1. The van der Waals surface area contributed by atoms with Gasteiger partial charge in [0.05, 0.1) is 26.0 Å². The molecule has 0 atom stereocenters. The highest BCUT2D eigenvalue weighted by atomic mass is 35.5. The van der Waals surface area contributed by atoms with Gasteiger partial charge in [-0.15, -0.1) is 0 Å². The van der Waals surface area contributed by atoms with E-state index in [1.54, 1.807) is 42.5 Å². The lowest BCUT2D eigenvalue weighted by Crippen LogP contribution is -2.41. The number of ether oxygens (including phenoxy) is 2. The Hall–Kier alpha value is -2.38. The van der Waals surface area contributed by atoms with Crippen LogP contribution in [0.15, 0.2) is 30.5 Å². The van der Waals surface area contributed by atoms with Gasteiger partial charge in [0.25, 0.3) is 5.91 Å². The number of morpholine rings is 1. The molecule has 7 nitrogen and oxygen atoms in total. The number of aromatic nitrogens is 2. The Kier molecular flexibility index (Phi) is 5.12. The number of anilines is 2. The van der Waals surface area contributed by atoms with Crippen molar-refractivity contribution in [3.05, 3.63) is 41.2 Å². The van der Waals surface area contributed by atoms with E-state index in [9.17, 15) is 4.79 Å². The molecule has 0 unspecified atom stereocenters. The van der Waals surface area contributed by atoms with Crippen LogP contribution in [0.5, 0.6) is 5.75 Å². The highest BCUT2D eigenvalue weighted by Gasteiger charge is 2.20. The number of rotatable bonds is 4. The van der Waals surface area contributed by atoms with E-state index in [4.69, 9.17) is 21.1 Å². The maximum Gasteiger partial charge on any atom is 0.272 e. The first-order valence-electron chi connectivity index (χ1n) is 7.48. The van der Waals surface area contributed by atoms with Crippen LogP contribution in [0.25, 0.3) is 0 Å². The normalized spacial score (nSPS) is 14.3. The van der Waals surface area contributed by atoms with Gasteiger partial charge in [-0.1, -0.05) is 11.6 Å². The van der Waals surface area contributed by atoms with E-state index in [0.29, 0.717) is 54.4 Å². The van der Waals surface area contributed by atoms with Crippen LogP contribution in [0, 0.1) is 0 Å². The zero-order valence-electron chi connectivity index (χ0n) is 13.2. The van der Waals surface area contributed by atoms with E-state index in [0.717, 1.165) is 0 Å². The molecule has 2 aromatic rings. The lowest BCUT2D eigenvalue weighted by molar-refractivity contribution is 0.0299. The van der Waals surface area contributed by atoms with Gasteiger partial charge in [0.1, 0.15) is 11.4 Å². The van der Waals surface area contributed by atoms with Crippen LogP contribution in [0.1, 0.15) is 10.5 Å². The molecule has 0 radical (unpaired) electrons. The minimum Gasteiger partial charge on any atom is -0.495 e. The SMILES string of the molecule is COc1ccc(Cl)cc1Nc1nccc(C(=O)N2CCOCC2)n1. The average Bonchev–Trinajstić information content (AvgIpc) is 2.62. The molecule has 8 heteroatoms. The fraction of sp³-hybridized carbons (Fsp3) is 0.312. The molecular formula is C16H17ClN4O3. The zero-order chi connectivity index (χ0) is 16.9. The van der Waals surface area contributed by atoms with Gasteiger partial charge >= 0.3 is 0 Å². The Labute approximate surface area is 144 Å². The number of nitrogens with one attached hydrogen (secondary N) is 1. The largest absolute Gasteiger partial charge is 0.495 e. The first-order chi connectivity index (χ1) is 11.7. The van der Waals surface area contributed by atoms with Crippen molar-refractivity contribution in [2.45, 2.75) is 0 Å². The van der Waals surface area contributed by atoms with Crippen molar-refractivity contribution in [1.29, 1.82) is 0 Å². The maximum absolute atomic E-state index is 12.5. The van der Waals surface area contributed by atoms with Crippen LogP contribution >= 0.6 is 11.6 Å². The van der Waals surface area contributed by atoms with E-state index >= 15 is 0 Å². The standard InChI is InChI=1S/C16H17ClN4O3/c1-23-14-3-2-11(17)10-13(14)20-16-18-5-4-12(19-16)15(22)21-6-8-24-9-7-21/h2-5,10H,6-9H2,1H3,(H,18,19,20).